The van der Waals surface area contributed by atoms with Gasteiger partial charge < -0.3 is 25.2 Å². The SMILES string of the molecule is CCN(CC)c1ccc2nc3ccc(N=Nc4ccc(N(C)CCCNC(=O)C(C)(C)COCCC(=O)NCc5ccc(-c6nncnn6)cc5)cc4)cc3[n+](-c3ccccc3)c2c1. The number of rotatable bonds is 20. The number of benzene rings is 5. The van der Waals surface area contributed by atoms with Crippen molar-refractivity contribution in [3.63, 3.8) is 0 Å². The number of nitrogens with one attached hydrogen (secondary N) is 2. The van der Waals surface area contributed by atoms with Crippen molar-refractivity contribution in [3.05, 3.63) is 127 Å². The summed E-state index contributed by atoms with van der Waals surface area (Å²) in [6, 6.07) is 38.3. The van der Waals surface area contributed by atoms with Crippen LogP contribution in [0.5, 0.6) is 0 Å². The highest BCUT2D eigenvalue weighted by Crippen LogP contribution is 2.27. The molecule has 7 aromatic rings. The topological polar surface area (TPSA) is 167 Å². The molecule has 64 heavy (non-hydrogen) atoms. The van der Waals surface area contributed by atoms with Crippen molar-refractivity contribution in [1.29, 1.82) is 0 Å². The van der Waals surface area contributed by atoms with E-state index >= 15 is 0 Å². The van der Waals surface area contributed by atoms with Gasteiger partial charge in [-0.1, -0.05) is 42.5 Å². The molecular formula is C49H55N12O3+. The van der Waals surface area contributed by atoms with Crippen LogP contribution >= 0.6 is 0 Å². The van der Waals surface area contributed by atoms with E-state index in [9.17, 15) is 9.59 Å². The molecule has 0 fully saturated rings. The zero-order valence-corrected chi connectivity index (χ0v) is 37.1. The first-order chi connectivity index (χ1) is 31.1. The van der Waals surface area contributed by atoms with Crippen LogP contribution in [-0.4, -0.2) is 83.6 Å². The van der Waals surface area contributed by atoms with Gasteiger partial charge in [-0.15, -0.1) is 25.0 Å². The molecule has 0 bridgehead atoms. The molecule has 0 aliphatic rings. The van der Waals surface area contributed by atoms with Crippen LogP contribution in [0, 0.1) is 5.41 Å². The Labute approximate surface area is 373 Å². The Morgan fingerprint density at radius 1 is 0.766 bits per heavy atom. The van der Waals surface area contributed by atoms with Crippen LogP contribution in [0.1, 0.15) is 46.1 Å². The van der Waals surface area contributed by atoms with E-state index < -0.39 is 5.41 Å². The number of carbonyl (C=O) groups is 2. The zero-order valence-electron chi connectivity index (χ0n) is 37.1. The molecular weight excluding hydrogens is 805 g/mol. The second-order valence-electron chi connectivity index (χ2n) is 16.1. The van der Waals surface area contributed by atoms with Gasteiger partial charge in [0, 0.05) is 87.4 Å². The summed E-state index contributed by atoms with van der Waals surface area (Å²) in [6.45, 7) is 11.9. The summed E-state index contributed by atoms with van der Waals surface area (Å²) in [5.74, 6) is 0.205. The fourth-order valence-corrected chi connectivity index (χ4v) is 7.25. The number of amides is 2. The number of hydrogen-bond acceptors (Lipinski definition) is 12. The summed E-state index contributed by atoms with van der Waals surface area (Å²) in [6.07, 6.45) is 2.22. The van der Waals surface area contributed by atoms with Crippen molar-refractivity contribution in [2.45, 2.75) is 47.1 Å². The Balaban J connectivity index is 0.857. The molecule has 0 spiro atoms. The Morgan fingerprint density at radius 2 is 1.42 bits per heavy atom. The third-order valence-corrected chi connectivity index (χ3v) is 11.0. The third-order valence-electron chi connectivity index (χ3n) is 11.0. The van der Waals surface area contributed by atoms with Crippen molar-refractivity contribution in [3.8, 4) is 17.1 Å². The highest BCUT2D eigenvalue weighted by atomic mass is 16.5. The molecule has 2 amide bonds. The fraction of sp³-hybridized carbons (Fsp3) is 0.306. The monoisotopic (exact) mass is 859 g/mol. The number of anilines is 2. The van der Waals surface area contributed by atoms with Gasteiger partial charge in [0.1, 0.15) is 11.0 Å². The van der Waals surface area contributed by atoms with E-state index in [1.165, 1.54) is 6.33 Å². The van der Waals surface area contributed by atoms with Gasteiger partial charge in [-0.25, -0.2) is 4.98 Å². The second kappa shape index (κ2) is 21.2. The molecule has 0 saturated heterocycles. The standard InChI is InChI=1S/C49H54N12O3/c1-6-60(7-2)41-23-25-43-45(31-41)61(40-12-9-8-10-13-40)44-30-38(20-24-42(44)54-43)56-55-37-18-21-39(22-19-37)59(5)28-11-27-50-48(63)49(3,4)33-64-29-26-46(62)51-32-35-14-16-36(17-15-35)47-57-52-34-53-58-47/h8-10,12-25,30-31,34H,6-7,11,26-29,32-33H2,1-5H3,(H-,50,51,62,63)/p+1. The minimum atomic E-state index is -0.752. The van der Waals surface area contributed by atoms with Gasteiger partial charge >= 0.3 is 0 Å². The Morgan fingerprint density at radius 3 is 2.14 bits per heavy atom. The molecule has 7 rings (SSSR count). The van der Waals surface area contributed by atoms with Gasteiger partial charge in [-0.05, 0) is 88.2 Å². The van der Waals surface area contributed by atoms with Crippen LogP contribution in [0.3, 0.4) is 0 Å². The summed E-state index contributed by atoms with van der Waals surface area (Å²) in [5.41, 5.74) is 9.44. The molecule has 15 nitrogen and oxygen atoms in total. The lowest BCUT2D eigenvalue weighted by atomic mass is 9.93. The molecule has 0 aliphatic heterocycles. The van der Waals surface area contributed by atoms with E-state index in [1.54, 1.807) is 0 Å². The first-order valence-electron chi connectivity index (χ1n) is 21.7. The van der Waals surface area contributed by atoms with Gasteiger partial charge in [0.05, 0.1) is 30.0 Å². The second-order valence-corrected chi connectivity index (χ2v) is 16.1. The van der Waals surface area contributed by atoms with Gasteiger partial charge in [0.2, 0.25) is 34.4 Å². The predicted molar refractivity (Wildman–Crippen MR) is 250 cm³/mol. The first-order valence-corrected chi connectivity index (χ1v) is 21.7. The third kappa shape index (κ3) is 11.4. The van der Waals surface area contributed by atoms with Crippen LogP contribution in [0.25, 0.3) is 39.1 Å². The number of azo groups is 1. The smallest absolute Gasteiger partial charge is 0.239 e. The Kier molecular flexibility index (Phi) is 14.8. The molecule has 328 valence electrons. The lowest BCUT2D eigenvalue weighted by molar-refractivity contribution is -0.538. The van der Waals surface area contributed by atoms with Crippen LogP contribution in [0.15, 0.2) is 132 Å². The highest BCUT2D eigenvalue weighted by Gasteiger charge is 2.28. The quantitative estimate of drug-likeness (QED) is 0.0333. The molecule has 15 heteroatoms. The number of ether oxygens (including phenoxy) is 1. The van der Waals surface area contributed by atoms with E-state index in [1.807, 2.05) is 93.7 Å². The van der Waals surface area contributed by atoms with E-state index in [4.69, 9.17) is 9.72 Å². The van der Waals surface area contributed by atoms with Gasteiger partial charge in [0.25, 0.3) is 0 Å². The minimum Gasteiger partial charge on any atom is -0.380 e. The molecule has 2 heterocycles. The van der Waals surface area contributed by atoms with E-state index in [0.29, 0.717) is 18.9 Å². The molecule has 0 radical (unpaired) electrons. The molecule has 0 unspecified atom stereocenters. The Bertz CT molecular complexity index is 2680. The van der Waals surface area contributed by atoms with Crippen LogP contribution in [0.2, 0.25) is 0 Å². The summed E-state index contributed by atoms with van der Waals surface area (Å²) >= 11 is 0. The summed E-state index contributed by atoms with van der Waals surface area (Å²) in [7, 11) is 2.03. The van der Waals surface area contributed by atoms with Gasteiger partial charge in [-0.3, -0.25) is 9.59 Å². The zero-order chi connectivity index (χ0) is 44.9. The van der Waals surface area contributed by atoms with Crippen molar-refractivity contribution in [1.82, 2.24) is 36.0 Å². The number of nitrogens with zero attached hydrogens (tertiary/aromatic N) is 10. The van der Waals surface area contributed by atoms with Crippen LogP contribution < -0.4 is 25.0 Å². The van der Waals surface area contributed by atoms with Crippen molar-refractivity contribution >= 4 is 56.6 Å². The Hall–Kier alpha value is -7.26. The number of fused-ring (bicyclic) bond motifs is 2. The van der Waals surface area contributed by atoms with E-state index in [2.05, 4.69) is 112 Å². The van der Waals surface area contributed by atoms with Crippen molar-refractivity contribution in [2.75, 3.05) is 56.2 Å². The summed E-state index contributed by atoms with van der Waals surface area (Å²) in [5, 5.41) is 30.5. The van der Waals surface area contributed by atoms with E-state index in [-0.39, 0.29) is 31.4 Å². The average Bonchev–Trinajstić information content (AvgIpc) is 3.33. The average molecular weight is 860 g/mol. The molecule has 5 aromatic carbocycles. The maximum absolute atomic E-state index is 13.0. The van der Waals surface area contributed by atoms with Crippen molar-refractivity contribution in [2.24, 2.45) is 15.6 Å². The lowest BCUT2D eigenvalue weighted by Gasteiger charge is -2.24. The lowest BCUT2D eigenvalue weighted by Crippen LogP contribution is -2.41. The fourth-order valence-electron chi connectivity index (χ4n) is 7.25. The first kappa shape index (κ1) is 44.8. The number of para-hydroxylation sites is 1. The summed E-state index contributed by atoms with van der Waals surface area (Å²) in [4.78, 5) is 34.9. The largest absolute Gasteiger partial charge is 0.380 e. The number of carbonyl (C=O) groups excluding carboxylic acids is 2. The van der Waals surface area contributed by atoms with Crippen LogP contribution in [-0.2, 0) is 20.9 Å². The normalized spacial score (nSPS) is 11.6. The highest BCUT2D eigenvalue weighted by molar-refractivity contribution is 5.86. The van der Waals surface area contributed by atoms with Gasteiger partial charge in [0.15, 0.2) is 6.33 Å². The number of aromatic nitrogens is 6. The molecule has 2 N–H and O–H groups in total. The number of hydrogen-bond donors (Lipinski definition) is 2. The minimum absolute atomic E-state index is 0.0967. The molecule has 0 atom stereocenters. The summed E-state index contributed by atoms with van der Waals surface area (Å²) < 4.78 is 8.01. The molecule has 2 aromatic heterocycles. The van der Waals surface area contributed by atoms with Crippen LogP contribution in [0.4, 0.5) is 22.7 Å². The van der Waals surface area contributed by atoms with Gasteiger partial charge in [-0.2, -0.15) is 10.2 Å². The maximum atomic E-state index is 13.0. The predicted octanol–water partition coefficient (Wildman–Crippen LogP) is 7.87. The van der Waals surface area contributed by atoms with Crippen molar-refractivity contribution < 1.29 is 18.9 Å². The van der Waals surface area contributed by atoms with E-state index in [0.717, 1.165) is 87.7 Å². The molecule has 0 aliphatic carbocycles. The maximum Gasteiger partial charge on any atom is 0.239 e. The molecule has 0 saturated carbocycles.